The number of rotatable bonds is 1. The zero-order chi connectivity index (χ0) is 10.1. The fraction of sp³-hybridized carbons (Fsp3) is 0. The van der Waals surface area contributed by atoms with E-state index in [-0.39, 0.29) is 10.6 Å². The van der Waals surface area contributed by atoms with E-state index >= 15 is 0 Å². The molecule has 0 aliphatic rings. The lowest BCUT2D eigenvalue weighted by atomic mass is 10.1. The summed E-state index contributed by atoms with van der Waals surface area (Å²) >= 11 is 5.79. The van der Waals surface area contributed by atoms with E-state index in [1.165, 1.54) is 24.4 Å². The van der Waals surface area contributed by atoms with Gasteiger partial charge in [-0.05, 0) is 18.2 Å². The van der Waals surface area contributed by atoms with E-state index in [0.29, 0.717) is 11.1 Å². The maximum absolute atomic E-state index is 12.7. The lowest BCUT2D eigenvalue weighted by Crippen LogP contribution is -2.01. The number of H-pyrrole nitrogens is 2. The molecule has 0 bridgehead atoms. The average molecular weight is 213 g/mol. The van der Waals surface area contributed by atoms with Gasteiger partial charge in [0.15, 0.2) is 0 Å². The Morgan fingerprint density at radius 1 is 1.29 bits per heavy atom. The van der Waals surface area contributed by atoms with Crippen molar-refractivity contribution in [2.75, 3.05) is 0 Å². The summed E-state index contributed by atoms with van der Waals surface area (Å²) in [6.07, 6.45) is 1.49. The van der Waals surface area contributed by atoms with E-state index in [1.807, 2.05) is 0 Å². The monoisotopic (exact) mass is 212 g/mol. The Hall–Kier alpha value is -1.55. The largest absolute Gasteiger partial charge is 0.305 e. The summed E-state index contributed by atoms with van der Waals surface area (Å²) in [6, 6.07) is 3.90. The normalized spacial score (nSPS) is 10.4. The number of nitrogens with one attached hydrogen (secondary N) is 2. The van der Waals surface area contributed by atoms with Crippen LogP contribution in [0.15, 0.2) is 29.2 Å². The van der Waals surface area contributed by atoms with Gasteiger partial charge in [0.1, 0.15) is 5.82 Å². The summed E-state index contributed by atoms with van der Waals surface area (Å²) in [7, 11) is 0. The first-order valence-electron chi connectivity index (χ1n) is 3.90. The Kier molecular flexibility index (Phi) is 2.13. The van der Waals surface area contributed by atoms with Crippen LogP contribution in [0.4, 0.5) is 4.39 Å². The van der Waals surface area contributed by atoms with Crippen molar-refractivity contribution in [3.8, 4) is 11.1 Å². The first kappa shape index (κ1) is 9.02. The van der Waals surface area contributed by atoms with Gasteiger partial charge in [-0.2, -0.15) is 0 Å². The Bertz CT molecular complexity index is 518. The van der Waals surface area contributed by atoms with Crippen molar-refractivity contribution in [2.45, 2.75) is 0 Å². The molecule has 14 heavy (non-hydrogen) atoms. The molecule has 0 saturated carbocycles. The van der Waals surface area contributed by atoms with Crippen LogP contribution >= 0.6 is 11.6 Å². The number of halogens is 2. The number of hydrogen-bond donors (Lipinski definition) is 2. The van der Waals surface area contributed by atoms with Crippen molar-refractivity contribution >= 4 is 11.6 Å². The van der Waals surface area contributed by atoms with Crippen LogP contribution in [0, 0.1) is 5.82 Å². The summed E-state index contributed by atoms with van der Waals surface area (Å²) < 4.78 is 12.7. The van der Waals surface area contributed by atoms with Crippen molar-refractivity contribution in [1.29, 1.82) is 0 Å². The van der Waals surface area contributed by atoms with Crippen LogP contribution in [-0.2, 0) is 0 Å². The molecular weight excluding hydrogens is 207 g/mol. The van der Waals surface area contributed by atoms with E-state index in [0.717, 1.165) is 0 Å². The third-order valence-electron chi connectivity index (χ3n) is 1.87. The van der Waals surface area contributed by atoms with Crippen LogP contribution in [0.5, 0.6) is 0 Å². The summed E-state index contributed by atoms with van der Waals surface area (Å²) in [4.78, 5) is 11.2. The second kappa shape index (κ2) is 3.31. The minimum Gasteiger partial charge on any atom is -0.305 e. The summed E-state index contributed by atoms with van der Waals surface area (Å²) in [5.41, 5.74) is 0.629. The Morgan fingerprint density at radius 2 is 2.07 bits per heavy atom. The molecule has 0 spiro atoms. The molecule has 2 rings (SSSR count). The molecule has 1 aromatic carbocycles. The standard InChI is InChI=1S/C9H6ClFN2O/c10-8-3-5(11)1-2-6(8)7-4-12-13-9(7)14/h1-4H,(H2,12,13,14). The molecule has 2 N–H and O–H groups in total. The number of aromatic amines is 2. The van der Waals surface area contributed by atoms with E-state index in [4.69, 9.17) is 11.6 Å². The smallest absolute Gasteiger partial charge is 0.271 e. The van der Waals surface area contributed by atoms with Crippen molar-refractivity contribution < 1.29 is 4.39 Å². The highest BCUT2D eigenvalue weighted by molar-refractivity contribution is 6.33. The van der Waals surface area contributed by atoms with Crippen LogP contribution in [0.25, 0.3) is 11.1 Å². The molecule has 0 aliphatic heterocycles. The molecule has 1 heterocycles. The van der Waals surface area contributed by atoms with Crippen LogP contribution in [-0.4, -0.2) is 10.2 Å². The fourth-order valence-corrected chi connectivity index (χ4v) is 1.48. The molecule has 2 aromatic rings. The van der Waals surface area contributed by atoms with Gasteiger partial charge < -0.3 is 5.10 Å². The van der Waals surface area contributed by atoms with Gasteiger partial charge in [-0.1, -0.05) is 11.6 Å². The molecule has 0 saturated heterocycles. The number of hydrogen-bond acceptors (Lipinski definition) is 1. The molecule has 0 fully saturated rings. The lowest BCUT2D eigenvalue weighted by molar-refractivity contribution is 0.628. The van der Waals surface area contributed by atoms with Crippen molar-refractivity contribution in [3.05, 3.63) is 45.6 Å². The third-order valence-corrected chi connectivity index (χ3v) is 2.18. The molecule has 1 aromatic heterocycles. The van der Waals surface area contributed by atoms with Gasteiger partial charge in [-0.25, -0.2) is 4.39 Å². The van der Waals surface area contributed by atoms with Crippen LogP contribution in [0.3, 0.4) is 0 Å². The zero-order valence-electron chi connectivity index (χ0n) is 6.97. The molecule has 72 valence electrons. The van der Waals surface area contributed by atoms with Crippen LogP contribution < -0.4 is 5.56 Å². The minimum absolute atomic E-state index is 0.218. The first-order valence-corrected chi connectivity index (χ1v) is 4.28. The van der Waals surface area contributed by atoms with Gasteiger partial charge in [-0.15, -0.1) is 0 Å². The van der Waals surface area contributed by atoms with Crippen molar-refractivity contribution in [2.24, 2.45) is 0 Å². The van der Waals surface area contributed by atoms with Crippen LogP contribution in [0.1, 0.15) is 0 Å². The highest BCUT2D eigenvalue weighted by Crippen LogP contribution is 2.25. The molecule has 0 radical (unpaired) electrons. The quantitative estimate of drug-likeness (QED) is 0.748. The van der Waals surface area contributed by atoms with Gasteiger partial charge in [0.25, 0.3) is 5.56 Å². The second-order valence-electron chi connectivity index (χ2n) is 2.78. The topological polar surface area (TPSA) is 48.6 Å². The predicted octanol–water partition coefficient (Wildman–Crippen LogP) is 2.16. The van der Waals surface area contributed by atoms with Gasteiger partial charge >= 0.3 is 0 Å². The highest BCUT2D eigenvalue weighted by Gasteiger charge is 2.08. The SMILES string of the molecule is O=c1[nH][nH]cc1-c1ccc(F)cc1Cl. The second-order valence-corrected chi connectivity index (χ2v) is 3.19. The van der Waals surface area contributed by atoms with Gasteiger partial charge in [0, 0.05) is 11.8 Å². The Balaban J connectivity index is 2.63. The van der Waals surface area contributed by atoms with E-state index in [2.05, 4.69) is 10.2 Å². The maximum atomic E-state index is 12.7. The Morgan fingerprint density at radius 3 is 2.64 bits per heavy atom. The summed E-state index contributed by atoms with van der Waals surface area (Å²) in [6.45, 7) is 0. The summed E-state index contributed by atoms with van der Waals surface area (Å²) in [5.74, 6) is -0.425. The maximum Gasteiger partial charge on any atom is 0.271 e. The van der Waals surface area contributed by atoms with E-state index < -0.39 is 5.82 Å². The van der Waals surface area contributed by atoms with Crippen molar-refractivity contribution in [3.63, 3.8) is 0 Å². The molecule has 5 heteroatoms. The van der Waals surface area contributed by atoms with Crippen LogP contribution in [0.2, 0.25) is 5.02 Å². The Labute approximate surface area is 83.5 Å². The minimum atomic E-state index is -0.425. The molecular formula is C9H6ClFN2O. The predicted molar refractivity (Wildman–Crippen MR) is 51.8 cm³/mol. The number of aromatic nitrogens is 2. The molecule has 0 unspecified atom stereocenters. The van der Waals surface area contributed by atoms with Gasteiger partial charge in [0.2, 0.25) is 0 Å². The molecule has 0 amide bonds. The molecule has 3 nitrogen and oxygen atoms in total. The van der Waals surface area contributed by atoms with E-state index in [1.54, 1.807) is 0 Å². The third kappa shape index (κ3) is 1.44. The molecule has 0 aliphatic carbocycles. The van der Waals surface area contributed by atoms with Gasteiger partial charge in [-0.3, -0.25) is 9.89 Å². The molecule has 0 atom stereocenters. The average Bonchev–Trinajstić information content (AvgIpc) is 2.52. The van der Waals surface area contributed by atoms with E-state index in [9.17, 15) is 9.18 Å². The lowest BCUT2D eigenvalue weighted by Gasteiger charge is -1.99. The van der Waals surface area contributed by atoms with Crippen molar-refractivity contribution in [1.82, 2.24) is 10.2 Å². The highest BCUT2D eigenvalue weighted by atomic mass is 35.5. The summed E-state index contributed by atoms with van der Waals surface area (Å²) in [5, 5.41) is 5.14. The first-order chi connectivity index (χ1) is 6.68. The zero-order valence-corrected chi connectivity index (χ0v) is 7.73. The van der Waals surface area contributed by atoms with Gasteiger partial charge in [0.05, 0.1) is 10.6 Å². The fourth-order valence-electron chi connectivity index (χ4n) is 1.21. The number of benzene rings is 1.